The number of aliphatic hydroxyl groups is 1. The lowest BCUT2D eigenvalue weighted by Gasteiger charge is -2.56. The summed E-state index contributed by atoms with van der Waals surface area (Å²) in [7, 11) is 0. The summed E-state index contributed by atoms with van der Waals surface area (Å²) >= 11 is 0. The summed E-state index contributed by atoms with van der Waals surface area (Å²) < 4.78 is 6.60. The summed E-state index contributed by atoms with van der Waals surface area (Å²) in [6, 6.07) is 0. The van der Waals surface area contributed by atoms with Crippen LogP contribution in [0.25, 0.3) is 0 Å². The first-order chi connectivity index (χ1) is 14.2. The van der Waals surface area contributed by atoms with Crippen LogP contribution < -0.4 is 0 Å². The monoisotopic (exact) mass is 416 g/mol. The normalized spacial score (nSPS) is 44.4. The van der Waals surface area contributed by atoms with E-state index in [-0.39, 0.29) is 16.9 Å². The number of fused-ring (bicyclic) bond motifs is 4. The van der Waals surface area contributed by atoms with E-state index in [1.807, 2.05) is 0 Å². The highest BCUT2D eigenvalue weighted by Crippen LogP contribution is 2.66. The molecule has 0 aromatic heterocycles. The molecule has 7 atom stereocenters. The molecular formula is C27H44O3. The van der Waals surface area contributed by atoms with Crippen molar-refractivity contribution in [2.45, 2.75) is 111 Å². The lowest BCUT2D eigenvalue weighted by Crippen LogP contribution is -2.56. The molecule has 0 unspecified atom stereocenters. The standard InChI is InChI=1S/C27H44O3/c1-18(2)7-6-8-19(3)24-16-30-27(17-28)23-10-9-20-15-21(29)11-13-25(20,4)22(23)12-14-26(24,27)5/h17-21,24,29H,6-16H2,1-5H3/t19-,20+,21+,24-,25+,26-,27+/m1/s1. The zero-order valence-electron chi connectivity index (χ0n) is 20.0. The largest absolute Gasteiger partial charge is 0.393 e. The third kappa shape index (κ3) is 3.25. The maximum absolute atomic E-state index is 12.8. The van der Waals surface area contributed by atoms with Crippen molar-refractivity contribution in [2.24, 2.45) is 34.5 Å². The highest BCUT2D eigenvalue weighted by Gasteiger charge is 2.65. The average molecular weight is 417 g/mol. The van der Waals surface area contributed by atoms with E-state index in [4.69, 9.17) is 4.74 Å². The van der Waals surface area contributed by atoms with Gasteiger partial charge in [-0.2, -0.15) is 0 Å². The fourth-order valence-corrected chi connectivity index (χ4v) is 7.99. The molecule has 30 heavy (non-hydrogen) atoms. The van der Waals surface area contributed by atoms with E-state index in [1.54, 1.807) is 0 Å². The van der Waals surface area contributed by atoms with Gasteiger partial charge < -0.3 is 9.84 Å². The van der Waals surface area contributed by atoms with Crippen LogP contribution in [-0.4, -0.2) is 29.7 Å². The maximum atomic E-state index is 12.8. The average Bonchev–Trinajstić information content (AvgIpc) is 3.01. The zero-order chi connectivity index (χ0) is 21.7. The van der Waals surface area contributed by atoms with Gasteiger partial charge in [0.1, 0.15) is 5.60 Å². The molecule has 0 aromatic rings. The number of aldehydes is 1. The number of allylic oxidation sites excluding steroid dienone is 1. The minimum Gasteiger partial charge on any atom is -0.393 e. The second-order valence-electron chi connectivity index (χ2n) is 12.0. The lowest BCUT2D eigenvalue weighted by molar-refractivity contribution is -0.133. The number of hydrogen-bond donors (Lipinski definition) is 1. The quantitative estimate of drug-likeness (QED) is 0.421. The number of carbonyl (C=O) groups is 1. The van der Waals surface area contributed by atoms with Crippen molar-refractivity contribution in [2.75, 3.05) is 6.61 Å². The van der Waals surface area contributed by atoms with Gasteiger partial charge in [0.25, 0.3) is 0 Å². The van der Waals surface area contributed by atoms with Crippen molar-refractivity contribution in [3.05, 3.63) is 11.1 Å². The molecule has 0 amide bonds. The van der Waals surface area contributed by atoms with Gasteiger partial charge in [-0.3, -0.25) is 4.79 Å². The van der Waals surface area contributed by atoms with E-state index in [0.717, 1.165) is 57.5 Å². The van der Waals surface area contributed by atoms with Crippen LogP contribution in [0.15, 0.2) is 11.1 Å². The molecule has 0 aromatic carbocycles. The molecule has 0 spiro atoms. The van der Waals surface area contributed by atoms with Gasteiger partial charge in [-0.05, 0) is 79.6 Å². The second-order valence-corrected chi connectivity index (χ2v) is 12.0. The summed E-state index contributed by atoms with van der Waals surface area (Å²) in [6.07, 6.45) is 12.0. The topological polar surface area (TPSA) is 46.5 Å². The molecular weight excluding hydrogens is 372 g/mol. The van der Waals surface area contributed by atoms with E-state index in [0.29, 0.717) is 17.8 Å². The van der Waals surface area contributed by atoms with E-state index in [1.165, 1.54) is 36.7 Å². The van der Waals surface area contributed by atoms with Crippen molar-refractivity contribution in [3.8, 4) is 0 Å². The summed E-state index contributed by atoms with van der Waals surface area (Å²) in [4.78, 5) is 12.8. The number of carbonyl (C=O) groups excluding carboxylic acids is 1. The second kappa shape index (κ2) is 8.03. The van der Waals surface area contributed by atoms with Crippen LogP contribution in [-0.2, 0) is 9.53 Å². The van der Waals surface area contributed by atoms with E-state index in [2.05, 4.69) is 34.6 Å². The Morgan fingerprint density at radius 3 is 2.57 bits per heavy atom. The molecule has 1 N–H and O–H groups in total. The smallest absolute Gasteiger partial charge is 0.156 e. The van der Waals surface area contributed by atoms with E-state index < -0.39 is 5.60 Å². The van der Waals surface area contributed by atoms with Gasteiger partial charge in [0.2, 0.25) is 0 Å². The SMILES string of the molecule is CC(C)CCC[C@@H](C)[C@H]1CO[C@@]2(C=O)C3=C(CC[C@]12C)[C@@]1(C)CC[C@H](O)C[C@@H]1CC3. The van der Waals surface area contributed by atoms with Gasteiger partial charge in [0.15, 0.2) is 6.29 Å². The van der Waals surface area contributed by atoms with Gasteiger partial charge in [-0.25, -0.2) is 0 Å². The number of aliphatic hydroxyl groups excluding tert-OH is 1. The Hall–Kier alpha value is -0.670. The van der Waals surface area contributed by atoms with Gasteiger partial charge in [0, 0.05) is 5.41 Å². The molecule has 4 rings (SSSR count). The molecule has 3 heteroatoms. The predicted molar refractivity (Wildman–Crippen MR) is 121 cm³/mol. The van der Waals surface area contributed by atoms with E-state index in [9.17, 15) is 9.90 Å². The van der Waals surface area contributed by atoms with Crippen LogP contribution in [0.4, 0.5) is 0 Å². The summed E-state index contributed by atoms with van der Waals surface area (Å²) in [5.74, 6) is 2.37. The van der Waals surface area contributed by atoms with Crippen molar-refractivity contribution >= 4 is 6.29 Å². The molecule has 1 saturated heterocycles. The first kappa shape index (κ1) is 22.5. The lowest BCUT2D eigenvalue weighted by atomic mass is 9.48. The molecule has 0 radical (unpaired) electrons. The minimum absolute atomic E-state index is 0.0811. The number of hydrogen-bond acceptors (Lipinski definition) is 3. The van der Waals surface area contributed by atoms with Gasteiger partial charge >= 0.3 is 0 Å². The van der Waals surface area contributed by atoms with Gasteiger partial charge in [-0.1, -0.05) is 59.5 Å². The molecule has 3 aliphatic carbocycles. The fraction of sp³-hybridized carbons (Fsp3) is 0.889. The van der Waals surface area contributed by atoms with Crippen LogP contribution >= 0.6 is 0 Å². The van der Waals surface area contributed by atoms with Crippen LogP contribution in [0.2, 0.25) is 0 Å². The summed E-state index contributed by atoms with van der Waals surface area (Å²) in [6.45, 7) is 12.5. The molecule has 4 aliphatic rings. The Morgan fingerprint density at radius 2 is 1.87 bits per heavy atom. The first-order valence-electron chi connectivity index (χ1n) is 12.7. The first-order valence-corrected chi connectivity index (χ1v) is 12.7. The van der Waals surface area contributed by atoms with Crippen molar-refractivity contribution in [1.29, 1.82) is 0 Å². The Bertz CT molecular complexity index is 696. The molecule has 0 bridgehead atoms. The summed E-state index contributed by atoms with van der Waals surface area (Å²) in [5.41, 5.74) is 2.24. The van der Waals surface area contributed by atoms with Crippen LogP contribution in [0.5, 0.6) is 0 Å². The third-order valence-corrected chi connectivity index (χ3v) is 10.0. The van der Waals surface area contributed by atoms with Gasteiger partial charge in [0.05, 0.1) is 12.7 Å². The van der Waals surface area contributed by atoms with Crippen LogP contribution in [0.3, 0.4) is 0 Å². The number of ether oxygens (including phenoxy) is 1. The number of rotatable bonds is 6. The Kier molecular flexibility index (Phi) is 6.03. The Labute approximate surface area is 184 Å². The third-order valence-electron chi connectivity index (χ3n) is 10.0. The zero-order valence-corrected chi connectivity index (χ0v) is 20.0. The van der Waals surface area contributed by atoms with Gasteiger partial charge in [-0.15, -0.1) is 0 Å². The molecule has 1 heterocycles. The Morgan fingerprint density at radius 1 is 1.10 bits per heavy atom. The van der Waals surface area contributed by atoms with Crippen molar-refractivity contribution in [1.82, 2.24) is 0 Å². The molecule has 2 fully saturated rings. The Balaban J connectivity index is 1.64. The van der Waals surface area contributed by atoms with E-state index >= 15 is 0 Å². The van der Waals surface area contributed by atoms with Crippen molar-refractivity contribution in [3.63, 3.8) is 0 Å². The molecule has 170 valence electrons. The highest BCUT2D eigenvalue weighted by molar-refractivity contribution is 5.73. The molecule has 3 nitrogen and oxygen atoms in total. The van der Waals surface area contributed by atoms with Crippen molar-refractivity contribution < 1.29 is 14.6 Å². The highest BCUT2D eigenvalue weighted by atomic mass is 16.5. The van der Waals surface area contributed by atoms with Crippen LogP contribution in [0.1, 0.15) is 98.8 Å². The molecule has 1 saturated carbocycles. The maximum Gasteiger partial charge on any atom is 0.156 e. The fourth-order valence-electron chi connectivity index (χ4n) is 7.99. The molecule has 1 aliphatic heterocycles. The summed E-state index contributed by atoms with van der Waals surface area (Å²) in [5, 5.41) is 10.3. The predicted octanol–water partition coefficient (Wildman–Crippen LogP) is 6.09. The van der Waals surface area contributed by atoms with Crippen LogP contribution in [0, 0.1) is 34.5 Å². The minimum atomic E-state index is -0.707.